The van der Waals surface area contributed by atoms with E-state index in [-0.39, 0.29) is 11.9 Å². The molecule has 116 valence electrons. The van der Waals surface area contributed by atoms with Crippen LogP contribution in [0.1, 0.15) is 35.0 Å². The molecule has 0 unspecified atom stereocenters. The molecular weight excluding hydrogens is 282 g/mol. The van der Waals surface area contributed by atoms with Crippen molar-refractivity contribution in [1.82, 2.24) is 4.90 Å². The van der Waals surface area contributed by atoms with Crippen molar-refractivity contribution in [2.75, 3.05) is 20.8 Å². The normalized spacial score (nSPS) is 17.5. The largest absolute Gasteiger partial charge is 0.496 e. The van der Waals surface area contributed by atoms with Gasteiger partial charge in [-0.25, -0.2) is 0 Å². The van der Waals surface area contributed by atoms with Crippen molar-refractivity contribution in [3.63, 3.8) is 0 Å². The molecule has 1 saturated heterocycles. The topological polar surface area (TPSA) is 51.9 Å². The quantitative estimate of drug-likeness (QED) is 0.869. The Morgan fingerprint density at radius 2 is 1.91 bits per heavy atom. The van der Waals surface area contributed by atoms with Crippen LogP contribution in [0.4, 0.5) is 0 Å². The second-order valence-electron chi connectivity index (χ2n) is 5.21. The molecule has 2 aromatic rings. The Hall–Kier alpha value is -2.43. The number of likely N-dealkylation sites (tertiary alicyclic amines) is 1. The summed E-state index contributed by atoms with van der Waals surface area (Å²) < 4.78 is 16.2. The molecule has 2 heterocycles. The minimum Gasteiger partial charge on any atom is -0.496 e. The molecular formula is C17H19NO4. The third-order valence-corrected chi connectivity index (χ3v) is 4.03. The Morgan fingerprint density at radius 1 is 1.18 bits per heavy atom. The summed E-state index contributed by atoms with van der Waals surface area (Å²) in [5, 5.41) is 0. The Morgan fingerprint density at radius 3 is 2.50 bits per heavy atom. The van der Waals surface area contributed by atoms with Crippen molar-refractivity contribution in [3.8, 4) is 11.5 Å². The van der Waals surface area contributed by atoms with E-state index in [0.717, 1.165) is 18.6 Å². The van der Waals surface area contributed by atoms with E-state index in [1.54, 1.807) is 32.6 Å². The number of carbonyl (C=O) groups is 1. The van der Waals surface area contributed by atoms with Crippen LogP contribution in [0, 0.1) is 0 Å². The van der Waals surface area contributed by atoms with Crippen molar-refractivity contribution < 1.29 is 18.7 Å². The van der Waals surface area contributed by atoms with Crippen LogP contribution in [-0.2, 0) is 0 Å². The molecule has 0 aliphatic carbocycles. The van der Waals surface area contributed by atoms with Crippen LogP contribution in [0.3, 0.4) is 0 Å². The first-order valence-corrected chi connectivity index (χ1v) is 7.31. The van der Waals surface area contributed by atoms with Crippen LogP contribution in [-0.4, -0.2) is 31.6 Å². The van der Waals surface area contributed by atoms with Gasteiger partial charge in [0.1, 0.15) is 22.8 Å². The predicted molar refractivity (Wildman–Crippen MR) is 81.3 cm³/mol. The average molecular weight is 301 g/mol. The fourth-order valence-electron chi connectivity index (χ4n) is 2.99. The maximum absolute atomic E-state index is 13.0. The Balaban J connectivity index is 1.97. The van der Waals surface area contributed by atoms with E-state index in [0.29, 0.717) is 23.6 Å². The lowest BCUT2D eigenvalue weighted by molar-refractivity contribution is 0.0713. The smallest absolute Gasteiger partial charge is 0.262 e. The Kier molecular flexibility index (Phi) is 4.04. The highest BCUT2D eigenvalue weighted by Crippen LogP contribution is 2.37. The second-order valence-corrected chi connectivity index (χ2v) is 5.21. The maximum Gasteiger partial charge on any atom is 0.262 e. The minimum atomic E-state index is -0.0896. The van der Waals surface area contributed by atoms with Gasteiger partial charge >= 0.3 is 0 Å². The molecule has 0 saturated carbocycles. The SMILES string of the molecule is COc1cccc(OC)c1C(=O)N1CCC[C@H]1c1ccco1. The first kappa shape index (κ1) is 14.5. The van der Waals surface area contributed by atoms with E-state index in [9.17, 15) is 4.79 Å². The van der Waals surface area contributed by atoms with Crippen molar-refractivity contribution in [3.05, 3.63) is 47.9 Å². The fourth-order valence-corrected chi connectivity index (χ4v) is 2.99. The number of methoxy groups -OCH3 is 2. The molecule has 5 heteroatoms. The molecule has 1 fully saturated rings. The average Bonchev–Trinajstić information content (AvgIpc) is 3.23. The summed E-state index contributed by atoms with van der Waals surface area (Å²) in [5.74, 6) is 1.77. The van der Waals surface area contributed by atoms with Gasteiger partial charge in [0.25, 0.3) is 5.91 Å². The number of ether oxygens (including phenoxy) is 2. The molecule has 1 aromatic heterocycles. The number of hydrogen-bond donors (Lipinski definition) is 0. The summed E-state index contributed by atoms with van der Waals surface area (Å²) in [5.41, 5.74) is 0.464. The molecule has 3 rings (SSSR count). The van der Waals surface area contributed by atoms with Gasteiger partial charge in [-0.15, -0.1) is 0 Å². The summed E-state index contributed by atoms with van der Waals surface area (Å²) in [6.45, 7) is 0.700. The number of amides is 1. The standard InChI is InChI=1S/C17H19NO4/c1-20-14-7-3-8-15(21-2)16(14)17(19)18-10-4-6-12(18)13-9-5-11-22-13/h3,5,7-9,11-12H,4,6,10H2,1-2H3/t12-/m0/s1. The molecule has 1 amide bonds. The summed E-state index contributed by atoms with van der Waals surface area (Å²) in [6.07, 6.45) is 3.49. The Bertz CT molecular complexity index is 628. The zero-order valence-electron chi connectivity index (χ0n) is 12.7. The van der Waals surface area contributed by atoms with Gasteiger partial charge in [-0.1, -0.05) is 6.07 Å². The van der Waals surface area contributed by atoms with Gasteiger partial charge in [0.05, 0.1) is 26.5 Å². The van der Waals surface area contributed by atoms with Crippen molar-refractivity contribution in [2.45, 2.75) is 18.9 Å². The number of benzene rings is 1. The van der Waals surface area contributed by atoms with Crippen LogP contribution >= 0.6 is 0 Å². The number of furan rings is 1. The lowest BCUT2D eigenvalue weighted by Crippen LogP contribution is -2.31. The molecule has 1 aromatic carbocycles. The maximum atomic E-state index is 13.0. The highest BCUT2D eigenvalue weighted by Gasteiger charge is 2.34. The minimum absolute atomic E-state index is 0.0304. The predicted octanol–water partition coefficient (Wildman–Crippen LogP) is 3.27. The molecule has 22 heavy (non-hydrogen) atoms. The molecule has 5 nitrogen and oxygen atoms in total. The number of hydrogen-bond acceptors (Lipinski definition) is 4. The number of carbonyl (C=O) groups excluding carboxylic acids is 1. The number of nitrogens with zero attached hydrogens (tertiary/aromatic N) is 1. The van der Waals surface area contributed by atoms with Crippen LogP contribution in [0.25, 0.3) is 0 Å². The second kappa shape index (κ2) is 6.13. The van der Waals surface area contributed by atoms with E-state index < -0.39 is 0 Å². The van der Waals surface area contributed by atoms with Crippen molar-refractivity contribution in [1.29, 1.82) is 0 Å². The summed E-state index contributed by atoms with van der Waals surface area (Å²) in [7, 11) is 3.11. The van der Waals surface area contributed by atoms with E-state index in [1.807, 2.05) is 23.1 Å². The third kappa shape index (κ3) is 2.43. The summed E-state index contributed by atoms with van der Waals surface area (Å²) >= 11 is 0. The first-order valence-electron chi connectivity index (χ1n) is 7.31. The van der Waals surface area contributed by atoms with Crippen molar-refractivity contribution >= 4 is 5.91 Å². The van der Waals surface area contributed by atoms with Crippen LogP contribution < -0.4 is 9.47 Å². The van der Waals surface area contributed by atoms with Gasteiger partial charge in [-0.05, 0) is 37.1 Å². The van der Waals surface area contributed by atoms with Gasteiger partial charge in [0, 0.05) is 6.54 Å². The third-order valence-electron chi connectivity index (χ3n) is 4.03. The summed E-state index contributed by atoms with van der Waals surface area (Å²) in [6, 6.07) is 9.08. The molecule has 0 spiro atoms. The highest BCUT2D eigenvalue weighted by molar-refractivity contribution is 6.00. The van der Waals surface area contributed by atoms with E-state index in [2.05, 4.69) is 0 Å². The fraction of sp³-hybridized carbons (Fsp3) is 0.353. The monoisotopic (exact) mass is 301 g/mol. The molecule has 0 bridgehead atoms. The zero-order valence-corrected chi connectivity index (χ0v) is 12.7. The van der Waals surface area contributed by atoms with E-state index >= 15 is 0 Å². The molecule has 0 N–H and O–H groups in total. The number of rotatable bonds is 4. The lowest BCUT2D eigenvalue weighted by atomic mass is 10.1. The lowest BCUT2D eigenvalue weighted by Gasteiger charge is -2.24. The highest BCUT2D eigenvalue weighted by atomic mass is 16.5. The Labute approximate surface area is 129 Å². The molecule has 1 atom stereocenters. The van der Waals surface area contributed by atoms with Gasteiger partial charge < -0.3 is 18.8 Å². The van der Waals surface area contributed by atoms with Crippen molar-refractivity contribution in [2.24, 2.45) is 0 Å². The van der Waals surface area contributed by atoms with E-state index in [1.165, 1.54) is 0 Å². The van der Waals surface area contributed by atoms with Gasteiger partial charge in [0.15, 0.2) is 0 Å². The first-order chi connectivity index (χ1) is 10.8. The van der Waals surface area contributed by atoms with Gasteiger partial charge in [-0.2, -0.15) is 0 Å². The van der Waals surface area contributed by atoms with Crippen LogP contribution in [0.5, 0.6) is 11.5 Å². The van der Waals surface area contributed by atoms with Crippen LogP contribution in [0.15, 0.2) is 41.0 Å². The van der Waals surface area contributed by atoms with Crippen LogP contribution in [0.2, 0.25) is 0 Å². The molecule has 1 aliphatic heterocycles. The van der Waals surface area contributed by atoms with Gasteiger partial charge in [0.2, 0.25) is 0 Å². The summed E-state index contributed by atoms with van der Waals surface area (Å²) in [4.78, 5) is 14.9. The zero-order chi connectivity index (χ0) is 15.5. The molecule has 0 radical (unpaired) electrons. The van der Waals surface area contributed by atoms with E-state index in [4.69, 9.17) is 13.9 Å². The molecule has 1 aliphatic rings. The van der Waals surface area contributed by atoms with Gasteiger partial charge in [-0.3, -0.25) is 4.79 Å².